The van der Waals surface area contributed by atoms with Crippen LogP contribution in [-0.4, -0.2) is 29.5 Å². The highest BCUT2D eigenvalue weighted by Crippen LogP contribution is 2.25. The van der Waals surface area contributed by atoms with Gasteiger partial charge in [0, 0.05) is 18.1 Å². The van der Waals surface area contributed by atoms with Gasteiger partial charge in [0.1, 0.15) is 18.2 Å². The number of ether oxygens (including phenoxy) is 1. The summed E-state index contributed by atoms with van der Waals surface area (Å²) in [5.74, 6) is -1.75. The topological polar surface area (TPSA) is 46.6 Å². The smallest absolute Gasteiger partial charge is 0.416 e. The van der Waals surface area contributed by atoms with Crippen molar-refractivity contribution in [3.63, 3.8) is 0 Å². The van der Waals surface area contributed by atoms with Crippen LogP contribution >= 0.6 is 0 Å². The molecular formula is C22H21F2NO3. The van der Waals surface area contributed by atoms with Crippen LogP contribution in [0.3, 0.4) is 0 Å². The molecule has 0 N–H and O–H groups in total. The fourth-order valence-corrected chi connectivity index (χ4v) is 3.24. The zero-order valence-electron chi connectivity index (χ0n) is 15.6. The predicted octanol–water partition coefficient (Wildman–Crippen LogP) is 4.66. The van der Waals surface area contributed by atoms with Crippen molar-refractivity contribution in [3.8, 4) is 0 Å². The van der Waals surface area contributed by atoms with Crippen LogP contribution in [0.4, 0.5) is 13.6 Å². The van der Waals surface area contributed by atoms with E-state index < -0.39 is 23.6 Å². The molecule has 0 bridgehead atoms. The Hall–Kier alpha value is -3.02. The van der Waals surface area contributed by atoms with Crippen LogP contribution < -0.4 is 0 Å². The van der Waals surface area contributed by atoms with Crippen molar-refractivity contribution in [2.24, 2.45) is 0 Å². The molecule has 146 valence electrons. The molecule has 1 atom stereocenters. The number of amides is 2. The highest BCUT2D eigenvalue weighted by Gasteiger charge is 2.37. The van der Waals surface area contributed by atoms with Gasteiger partial charge in [0.05, 0.1) is 6.04 Å². The van der Waals surface area contributed by atoms with Crippen molar-refractivity contribution in [2.45, 2.75) is 32.2 Å². The molecule has 0 radical (unpaired) electrons. The molecule has 1 aliphatic heterocycles. The second-order valence-corrected chi connectivity index (χ2v) is 6.87. The number of hydrogen-bond donors (Lipinski definition) is 0. The molecule has 2 amide bonds. The first-order valence-electron chi connectivity index (χ1n) is 9.03. The maximum absolute atomic E-state index is 14.0. The average Bonchev–Trinajstić information content (AvgIpc) is 3.03. The van der Waals surface area contributed by atoms with E-state index in [1.54, 1.807) is 0 Å². The van der Waals surface area contributed by atoms with Crippen molar-refractivity contribution in [3.05, 3.63) is 77.4 Å². The molecule has 0 saturated carbocycles. The van der Waals surface area contributed by atoms with Crippen LogP contribution in [0, 0.1) is 18.6 Å². The molecule has 1 aliphatic rings. The van der Waals surface area contributed by atoms with Gasteiger partial charge in [-0.25, -0.2) is 18.5 Å². The zero-order chi connectivity index (χ0) is 20.3. The Morgan fingerprint density at radius 2 is 1.89 bits per heavy atom. The minimum atomic E-state index is -0.719. The van der Waals surface area contributed by atoms with E-state index >= 15 is 0 Å². The molecule has 0 spiro atoms. The van der Waals surface area contributed by atoms with Gasteiger partial charge < -0.3 is 4.74 Å². The summed E-state index contributed by atoms with van der Waals surface area (Å²) in [7, 11) is 0. The molecule has 2 aromatic rings. The molecule has 2 aromatic carbocycles. The number of halogens is 2. The number of hydrogen-bond acceptors (Lipinski definition) is 3. The van der Waals surface area contributed by atoms with Crippen LogP contribution in [0.5, 0.6) is 0 Å². The molecule has 0 aromatic heterocycles. The first-order valence-corrected chi connectivity index (χ1v) is 9.03. The Balaban J connectivity index is 1.65. The fraction of sp³-hybridized carbons (Fsp3) is 0.273. The molecule has 0 unspecified atom stereocenters. The second-order valence-electron chi connectivity index (χ2n) is 6.87. The lowest BCUT2D eigenvalue weighted by atomic mass is 9.99. The average molecular weight is 385 g/mol. The third kappa shape index (κ3) is 4.27. The lowest BCUT2D eigenvalue weighted by molar-refractivity contribution is -0.129. The van der Waals surface area contributed by atoms with Crippen LogP contribution in [0.2, 0.25) is 0 Å². The number of nitrogens with zero attached hydrogens (tertiary/aromatic N) is 1. The van der Waals surface area contributed by atoms with Gasteiger partial charge in [-0.1, -0.05) is 36.9 Å². The Bertz CT molecular complexity index is 911. The Morgan fingerprint density at radius 1 is 1.18 bits per heavy atom. The van der Waals surface area contributed by atoms with E-state index in [9.17, 15) is 18.4 Å². The van der Waals surface area contributed by atoms with E-state index in [0.29, 0.717) is 17.6 Å². The summed E-state index contributed by atoms with van der Waals surface area (Å²) in [6.45, 7) is 5.49. The minimum Gasteiger partial charge on any atom is -0.447 e. The van der Waals surface area contributed by atoms with Crippen LogP contribution in [0.1, 0.15) is 29.5 Å². The molecule has 3 rings (SSSR count). The van der Waals surface area contributed by atoms with E-state index in [2.05, 4.69) is 6.58 Å². The quantitative estimate of drug-likeness (QED) is 0.727. The van der Waals surface area contributed by atoms with Crippen molar-refractivity contribution in [1.29, 1.82) is 0 Å². The predicted molar refractivity (Wildman–Crippen MR) is 101 cm³/mol. The van der Waals surface area contributed by atoms with Crippen LogP contribution in [0.15, 0.2) is 49.0 Å². The zero-order valence-corrected chi connectivity index (χ0v) is 15.6. The summed E-state index contributed by atoms with van der Waals surface area (Å²) >= 11 is 0. The Kier molecular flexibility index (Phi) is 5.87. The molecule has 1 saturated heterocycles. The summed E-state index contributed by atoms with van der Waals surface area (Å²) in [5.41, 5.74) is 1.85. The Labute approximate surface area is 162 Å². The fourth-order valence-electron chi connectivity index (χ4n) is 3.24. The highest BCUT2D eigenvalue weighted by atomic mass is 19.1. The van der Waals surface area contributed by atoms with Gasteiger partial charge in [-0.15, -0.1) is 0 Å². The molecular weight excluding hydrogens is 364 g/mol. The first kappa shape index (κ1) is 19.7. The van der Waals surface area contributed by atoms with Crippen LogP contribution in [0.25, 0.3) is 5.57 Å². The summed E-state index contributed by atoms with van der Waals surface area (Å²) in [6.07, 6.45) is -0.0247. The highest BCUT2D eigenvalue weighted by molar-refractivity contribution is 5.94. The van der Waals surface area contributed by atoms with E-state index in [-0.39, 0.29) is 31.1 Å². The molecule has 0 aliphatic carbocycles. The standard InChI is InChI=1S/C22H21F2NO3/c1-14(18-10-15(2)19(23)12-20(18)24)8-9-21(26)25-17(13-28-22(25)27)11-16-6-4-3-5-7-16/h3-7,10,12,17H,1,8-9,11,13H2,2H3/t17-/m1/s1. The van der Waals surface area contributed by atoms with Gasteiger partial charge in [-0.3, -0.25) is 4.79 Å². The number of rotatable bonds is 6. The van der Waals surface area contributed by atoms with Crippen molar-refractivity contribution < 1.29 is 23.1 Å². The monoisotopic (exact) mass is 385 g/mol. The van der Waals surface area contributed by atoms with Crippen molar-refractivity contribution in [2.75, 3.05) is 6.61 Å². The first-order chi connectivity index (χ1) is 13.4. The van der Waals surface area contributed by atoms with Gasteiger partial charge in [0.15, 0.2) is 0 Å². The Morgan fingerprint density at radius 3 is 2.61 bits per heavy atom. The molecule has 4 nitrogen and oxygen atoms in total. The summed E-state index contributed by atoms with van der Waals surface area (Å²) in [4.78, 5) is 25.8. The number of imide groups is 1. The summed E-state index contributed by atoms with van der Waals surface area (Å²) in [6, 6.07) is 11.3. The molecule has 28 heavy (non-hydrogen) atoms. The third-order valence-corrected chi connectivity index (χ3v) is 4.81. The molecule has 1 fully saturated rings. The normalized spacial score (nSPS) is 16.2. The van der Waals surface area contributed by atoms with Gasteiger partial charge in [0.2, 0.25) is 5.91 Å². The van der Waals surface area contributed by atoms with Crippen molar-refractivity contribution >= 4 is 17.6 Å². The number of aryl methyl sites for hydroxylation is 1. The number of benzene rings is 2. The lowest BCUT2D eigenvalue weighted by Gasteiger charge is -2.20. The van der Waals surface area contributed by atoms with E-state index in [0.717, 1.165) is 16.5 Å². The number of cyclic esters (lactones) is 1. The van der Waals surface area contributed by atoms with Gasteiger partial charge in [0.25, 0.3) is 0 Å². The summed E-state index contributed by atoms with van der Waals surface area (Å²) in [5, 5.41) is 0. The van der Waals surface area contributed by atoms with Gasteiger partial charge in [-0.2, -0.15) is 0 Å². The lowest BCUT2D eigenvalue weighted by Crippen LogP contribution is -2.40. The second kappa shape index (κ2) is 8.33. The minimum absolute atomic E-state index is 0.0188. The summed E-state index contributed by atoms with van der Waals surface area (Å²) < 4.78 is 32.5. The molecule has 6 heteroatoms. The number of carbonyl (C=O) groups excluding carboxylic acids is 2. The maximum Gasteiger partial charge on any atom is 0.416 e. The third-order valence-electron chi connectivity index (χ3n) is 4.81. The molecule has 1 heterocycles. The van der Waals surface area contributed by atoms with E-state index in [4.69, 9.17) is 4.74 Å². The SMILES string of the molecule is C=C(CCC(=O)N1C(=O)OC[C@H]1Cc1ccccc1)c1cc(C)c(F)cc1F. The van der Waals surface area contributed by atoms with E-state index in [1.165, 1.54) is 13.0 Å². The largest absolute Gasteiger partial charge is 0.447 e. The van der Waals surface area contributed by atoms with Gasteiger partial charge in [-0.05, 0) is 42.5 Å². The van der Waals surface area contributed by atoms with Crippen molar-refractivity contribution in [1.82, 2.24) is 4.90 Å². The van der Waals surface area contributed by atoms with Gasteiger partial charge >= 0.3 is 6.09 Å². The van der Waals surface area contributed by atoms with E-state index in [1.807, 2.05) is 30.3 Å². The number of allylic oxidation sites excluding steroid dienone is 1. The number of carbonyl (C=O) groups is 2. The van der Waals surface area contributed by atoms with Crippen LogP contribution in [-0.2, 0) is 16.0 Å². The maximum atomic E-state index is 14.0.